The highest BCUT2D eigenvalue weighted by molar-refractivity contribution is 5.30. The molecule has 0 amide bonds. The first-order chi connectivity index (χ1) is 8.70. The summed E-state index contributed by atoms with van der Waals surface area (Å²) in [6.07, 6.45) is 1.58. The third-order valence-corrected chi connectivity index (χ3v) is 2.75. The summed E-state index contributed by atoms with van der Waals surface area (Å²) in [5.74, 6) is 0.946. The first kappa shape index (κ1) is 12.6. The number of hydrogen-bond donors (Lipinski definition) is 1. The number of ether oxygens (including phenoxy) is 1. The molecule has 1 aromatic carbocycles. The van der Waals surface area contributed by atoms with E-state index < -0.39 is 0 Å². The Morgan fingerprint density at radius 1 is 1.44 bits per heavy atom. The van der Waals surface area contributed by atoms with Crippen LogP contribution in [-0.4, -0.2) is 12.3 Å². The molecule has 4 nitrogen and oxygen atoms in total. The van der Waals surface area contributed by atoms with Gasteiger partial charge in [-0.15, -0.1) is 0 Å². The van der Waals surface area contributed by atoms with Crippen LogP contribution in [0.2, 0.25) is 0 Å². The summed E-state index contributed by atoms with van der Waals surface area (Å²) in [6.45, 7) is 2.40. The van der Waals surface area contributed by atoms with Crippen LogP contribution in [0.25, 0.3) is 0 Å². The maximum atomic E-state index is 13.8. The number of halogens is 1. The molecule has 1 N–H and O–H groups in total. The molecule has 18 heavy (non-hydrogen) atoms. The van der Waals surface area contributed by atoms with Gasteiger partial charge >= 0.3 is 0 Å². The van der Waals surface area contributed by atoms with Crippen molar-refractivity contribution in [3.63, 3.8) is 0 Å². The Bertz CT molecular complexity index is 500. The molecular formula is C13H15FN2O2. The van der Waals surface area contributed by atoms with Crippen molar-refractivity contribution in [3.05, 3.63) is 47.6 Å². The van der Waals surface area contributed by atoms with Crippen LogP contribution in [0.4, 0.5) is 4.39 Å². The lowest BCUT2D eigenvalue weighted by atomic mass is 10.1. The highest BCUT2D eigenvalue weighted by atomic mass is 19.1. The summed E-state index contributed by atoms with van der Waals surface area (Å²) >= 11 is 0. The molecule has 0 fully saturated rings. The molecule has 0 saturated carbocycles. The summed E-state index contributed by atoms with van der Waals surface area (Å²) in [7, 11) is 1.51. The molecule has 0 aliphatic carbocycles. The number of nitrogens with zero attached hydrogens (tertiary/aromatic N) is 1. The van der Waals surface area contributed by atoms with E-state index >= 15 is 0 Å². The molecule has 1 atom stereocenters. The molecule has 0 bridgehead atoms. The van der Waals surface area contributed by atoms with E-state index in [2.05, 4.69) is 10.5 Å². The highest BCUT2D eigenvalue weighted by Crippen LogP contribution is 2.21. The number of benzene rings is 1. The van der Waals surface area contributed by atoms with Gasteiger partial charge in [-0.1, -0.05) is 11.2 Å². The van der Waals surface area contributed by atoms with Gasteiger partial charge in [0, 0.05) is 23.7 Å². The second-order valence-corrected chi connectivity index (χ2v) is 3.97. The van der Waals surface area contributed by atoms with Gasteiger partial charge in [0.25, 0.3) is 0 Å². The normalized spacial score (nSPS) is 12.4. The lowest BCUT2D eigenvalue weighted by Gasteiger charge is -2.14. The zero-order valence-electron chi connectivity index (χ0n) is 10.3. The molecule has 5 heteroatoms. The first-order valence-corrected chi connectivity index (χ1v) is 5.67. The number of nitrogens with one attached hydrogen (secondary N) is 1. The van der Waals surface area contributed by atoms with Crippen LogP contribution in [0.3, 0.4) is 0 Å². The van der Waals surface area contributed by atoms with E-state index in [1.807, 2.05) is 6.92 Å². The Balaban J connectivity index is 2.02. The summed E-state index contributed by atoms with van der Waals surface area (Å²) in [6, 6.07) is 6.48. The van der Waals surface area contributed by atoms with Crippen molar-refractivity contribution < 1.29 is 13.7 Å². The molecule has 2 rings (SSSR count). The molecule has 2 aromatic rings. The van der Waals surface area contributed by atoms with Crippen molar-refractivity contribution in [1.29, 1.82) is 0 Å². The van der Waals surface area contributed by atoms with Crippen molar-refractivity contribution in [2.45, 2.75) is 19.5 Å². The molecule has 0 spiro atoms. The maximum absolute atomic E-state index is 13.8. The van der Waals surface area contributed by atoms with Gasteiger partial charge in [0.1, 0.15) is 17.3 Å². The highest BCUT2D eigenvalue weighted by Gasteiger charge is 2.12. The quantitative estimate of drug-likeness (QED) is 0.886. The predicted molar refractivity (Wildman–Crippen MR) is 64.7 cm³/mol. The van der Waals surface area contributed by atoms with Crippen molar-refractivity contribution in [1.82, 2.24) is 10.5 Å². The van der Waals surface area contributed by atoms with Gasteiger partial charge in [-0.3, -0.25) is 0 Å². The summed E-state index contributed by atoms with van der Waals surface area (Å²) in [4.78, 5) is 0. The third-order valence-electron chi connectivity index (χ3n) is 2.75. The van der Waals surface area contributed by atoms with E-state index in [9.17, 15) is 4.39 Å². The van der Waals surface area contributed by atoms with Crippen LogP contribution in [0, 0.1) is 5.82 Å². The Labute approximate surface area is 105 Å². The predicted octanol–water partition coefficient (Wildman–Crippen LogP) is 2.67. The van der Waals surface area contributed by atoms with Gasteiger partial charge in [-0.2, -0.15) is 0 Å². The third kappa shape index (κ3) is 2.87. The van der Waals surface area contributed by atoms with E-state index in [0.717, 1.165) is 5.76 Å². The molecule has 0 radical (unpaired) electrons. The summed E-state index contributed by atoms with van der Waals surface area (Å²) < 4.78 is 23.7. The van der Waals surface area contributed by atoms with E-state index in [1.165, 1.54) is 13.2 Å². The fourth-order valence-electron chi connectivity index (χ4n) is 1.68. The molecule has 96 valence electrons. The largest absolute Gasteiger partial charge is 0.497 e. The van der Waals surface area contributed by atoms with E-state index in [-0.39, 0.29) is 11.9 Å². The zero-order valence-corrected chi connectivity index (χ0v) is 10.3. The minimum atomic E-state index is -0.285. The lowest BCUT2D eigenvalue weighted by molar-refractivity contribution is 0.364. The van der Waals surface area contributed by atoms with Crippen LogP contribution in [0.1, 0.15) is 24.3 Å². The number of methoxy groups -OCH3 is 1. The second-order valence-electron chi connectivity index (χ2n) is 3.97. The average Bonchev–Trinajstić information content (AvgIpc) is 2.88. The Kier molecular flexibility index (Phi) is 3.94. The van der Waals surface area contributed by atoms with Crippen LogP contribution in [0.15, 0.2) is 35.0 Å². The smallest absolute Gasteiger partial charge is 0.150 e. The van der Waals surface area contributed by atoms with Gasteiger partial charge in [-0.25, -0.2) is 4.39 Å². The second kappa shape index (κ2) is 5.64. The van der Waals surface area contributed by atoms with E-state index in [0.29, 0.717) is 17.9 Å². The van der Waals surface area contributed by atoms with Crippen LogP contribution in [0.5, 0.6) is 5.75 Å². The average molecular weight is 250 g/mol. The molecule has 0 aliphatic heterocycles. The molecule has 0 saturated heterocycles. The summed E-state index contributed by atoms with van der Waals surface area (Å²) in [5.41, 5.74) is 0.593. The number of aromatic nitrogens is 1. The van der Waals surface area contributed by atoms with Crippen molar-refractivity contribution in [3.8, 4) is 5.75 Å². The van der Waals surface area contributed by atoms with E-state index in [1.54, 1.807) is 24.4 Å². The lowest BCUT2D eigenvalue weighted by Crippen LogP contribution is -2.18. The van der Waals surface area contributed by atoms with Crippen molar-refractivity contribution >= 4 is 0 Å². The van der Waals surface area contributed by atoms with Gasteiger partial charge in [0.15, 0.2) is 0 Å². The fourth-order valence-corrected chi connectivity index (χ4v) is 1.68. The fraction of sp³-hybridized carbons (Fsp3) is 0.308. The minimum Gasteiger partial charge on any atom is -0.497 e. The standard InChI is InChI=1S/C13H15FN2O2/c1-9(15-8-11-5-6-16-18-11)12-4-3-10(17-2)7-13(12)14/h3-7,9,15H,8H2,1-2H3. The molecule has 1 unspecified atom stereocenters. The molecule has 1 heterocycles. The zero-order chi connectivity index (χ0) is 13.0. The van der Waals surface area contributed by atoms with Crippen LogP contribution < -0.4 is 10.1 Å². The topological polar surface area (TPSA) is 47.3 Å². The first-order valence-electron chi connectivity index (χ1n) is 5.67. The monoisotopic (exact) mass is 250 g/mol. The SMILES string of the molecule is COc1ccc(C(C)NCc2ccno2)c(F)c1. The van der Waals surface area contributed by atoms with Gasteiger partial charge in [0.2, 0.25) is 0 Å². The Hall–Kier alpha value is -1.88. The molecule has 0 aliphatic rings. The molecular weight excluding hydrogens is 235 g/mol. The maximum Gasteiger partial charge on any atom is 0.150 e. The van der Waals surface area contributed by atoms with Crippen LogP contribution >= 0.6 is 0 Å². The molecule has 1 aromatic heterocycles. The summed E-state index contributed by atoms with van der Waals surface area (Å²) in [5, 5.41) is 6.77. The van der Waals surface area contributed by atoms with Crippen molar-refractivity contribution in [2.75, 3.05) is 7.11 Å². The van der Waals surface area contributed by atoms with Gasteiger partial charge in [0.05, 0.1) is 19.9 Å². The Morgan fingerprint density at radius 2 is 2.28 bits per heavy atom. The van der Waals surface area contributed by atoms with E-state index in [4.69, 9.17) is 9.26 Å². The van der Waals surface area contributed by atoms with Crippen molar-refractivity contribution in [2.24, 2.45) is 0 Å². The minimum absolute atomic E-state index is 0.124. The number of rotatable bonds is 5. The van der Waals surface area contributed by atoms with Gasteiger partial charge in [-0.05, 0) is 13.0 Å². The van der Waals surface area contributed by atoms with Gasteiger partial charge < -0.3 is 14.6 Å². The Morgan fingerprint density at radius 3 is 2.89 bits per heavy atom. The number of hydrogen-bond acceptors (Lipinski definition) is 4. The van der Waals surface area contributed by atoms with Crippen LogP contribution in [-0.2, 0) is 6.54 Å².